The molecule has 1 N–H and O–H groups in total. The predicted molar refractivity (Wildman–Crippen MR) is 58.5 cm³/mol. The van der Waals surface area contributed by atoms with Crippen molar-refractivity contribution in [1.29, 1.82) is 0 Å². The highest BCUT2D eigenvalue weighted by Gasteiger charge is 2.24. The molecule has 4 heteroatoms. The molecule has 0 fully saturated rings. The second kappa shape index (κ2) is 4.99. The highest BCUT2D eigenvalue weighted by Crippen LogP contribution is 2.17. The Morgan fingerprint density at radius 1 is 1.25 bits per heavy atom. The van der Waals surface area contributed by atoms with Crippen LogP contribution in [0.15, 0.2) is 24.3 Å². The molecule has 0 aliphatic carbocycles. The van der Waals surface area contributed by atoms with E-state index in [0.717, 1.165) is 5.56 Å². The number of hydrogen-bond acceptors (Lipinski definition) is 4. The normalized spacial score (nSPS) is 11.0. The van der Waals surface area contributed by atoms with E-state index in [-0.39, 0.29) is 6.61 Å². The maximum absolute atomic E-state index is 11.4. The number of benzene rings is 1. The number of aliphatic hydroxyl groups is 1. The van der Waals surface area contributed by atoms with Crippen LogP contribution in [0, 0.1) is 5.41 Å². The van der Waals surface area contributed by atoms with E-state index in [1.807, 2.05) is 0 Å². The van der Waals surface area contributed by atoms with Gasteiger partial charge in [-0.2, -0.15) is 0 Å². The molecule has 0 spiro atoms. The Balaban J connectivity index is 2.52. The van der Waals surface area contributed by atoms with Crippen LogP contribution < -0.4 is 4.89 Å². The molecular weight excluding hydrogens is 208 g/mol. The standard InChI is InChI=1S/C12H16O4/c1-12(2,3)11(14)16-15-10-6-4-9(8-13)5-7-10/h4-7,13H,8H2,1-3H3. The minimum absolute atomic E-state index is 0.0257. The fourth-order valence-corrected chi connectivity index (χ4v) is 0.861. The van der Waals surface area contributed by atoms with Gasteiger partial charge in [-0.15, -0.1) is 0 Å². The van der Waals surface area contributed by atoms with Crippen LogP contribution in [0.4, 0.5) is 0 Å². The number of carbonyl (C=O) groups excluding carboxylic acids is 1. The Hall–Kier alpha value is -1.55. The molecule has 0 heterocycles. The van der Waals surface area contributed by atoms with Gasteiger partial charge in [0.25, 0.3) is 0 Å². The lowest BCUT2D eigenvalue weighted by Gasteiger charge is -2.14. The molecule has 1 aromatic carbocycles. The first-order valence-electron chi connectivity index (χ1n) is 5.02. The van der Waals surface area contributed by atoms with Crippen molar-refractivity contribution < 1.29 is 19.7 Å². The van der Waals surface area contributed by atoms with Gasteiger partial charge in [-0.05, 0) is 38.5 Å². The molecule has 0 atom stereocenters. The van der Waals surface area contributed by atoms with Crippen LogP contribution in [0.25, 0.3) is 0 Å². The molecule has 88 valence electrons. The average molecular weight is 224 g/mol. The van der Waals surface area contributed by atoms with E-state index in [2.05, 4.69) is 4.89 Å². The van der Waals surface area contributed by atoms with Crippen molar-refractivity contribution in [3.05, 3.63) is 29.8 Å². The molecule has 0 amide bonds. The molecule has 0 bridgehead atoms. The van der Waals surface area contributed by atoms with E-state index in [4.69, 9.17) is 9.99 Å². The Bertz CT molecular complexity index is 348. The Kier molecular flexibility index (Phi) is 3.90. The molecule has 4 nitrogen and oxygen atoms in total. The van der Waals surface area contributed by atoms with Crippen LogP contribution in [0.1, 0.15) is 26.3 Å². The molecule has 0 aliphatic heterocycles. The molecule has 1 aromatic rings. The summed E-state index contributed by atoms with van der Waals surface area (Å²) in [5, 5.41) is 8.83. The van der Waals surface area contributed by atoms with Gasteiger partial charge >= 0.3 is 5.97 Å². The zero-order valence-corrected chi connectivity index (χ0v) is 9.69. The first-order chi connectivity index (χ1) is 7.43. The van der Waals surface area contributed by atoms with E-state index in [0.29, 0.717) is 5.75 Å². The third-order valence-corrected chi connectivity index (χ3v) is 1.93. The second-order valence-electron chi connectivity index (χ2n) is 4.51. The summed E-state index contributed by atoms with van der Waals surface area (Å²) in [5.74, 6) is -0.00599. The van der Waals surface area contributed by atoms with Crippen LogP contribution in [0.5, 0.6) is 5.75 Å². The van der Waals surface area contributed by atoms with Crippen LogP contribution in [0.2, 0.25) is 0 Å². The highest BCUT2D eigenvalue weighted by atomic mass is 17.2. The molecule has 0 unspecified atom stereocenters. The first kappa shape index (κ1) is 12.5. The van der Waals surface area contributed by atoms with E-state index in [1.165, 1.54) is 0 Å². The van der Waals surface area contributed by atoms with E-state index in [1.54, 1.807) is 45.0 Å². The smallest absolute Gasteiger partial charge is 0.360 e. The summed E-state index contributed by atoms with van der Waals surface area (Å²) in [6.45, 7) is 5.21. The van der Waals surface area contributed by atoms with Gasteiger partial charge in [0.05, 0.1) is 12.0 Å². The molecule has 0 aromatic heterocycles. The van der Waals surface area contributed by atoms with Crippen molar-refractivity contribution in [2.24, 2.45) is 5.41 Å². The number of rotatable bonds is 3. The van der Waals surface area contributed by atoms with Crippen molar-refractivity contribution in [3.8, 4) is 5.75 Å². The van der Waals surface area contributed by atoms with Gasteiger partial charge < -0.3 is 5.11 Å². The van der Waals surface area contributed by atoms with Gasteiger partial charge in [-0.1, -0.05) is 12.1 Å². The van der Waals surface area contributed by atoms with Crippen LogP contribution in [-0.4, -0.2) is 11.1 Å². The number of carbonyl (C=O) groups is 1. The lowest BCUT2D eigenvalue weighted by atomic mass is 9.98. The van der Waals surface area contributed by atoms with Gasteiger partial charge in [0.15, 0.2) is 5.75 Å². The maximum Gasteiger partial charge on any atom is 0.360 e. The monoisotopic (exact) mass is 224 g/mol. The van der Waals surface area contributed by atoms with E-state index < -0.39 is 11.4 Å². The van der Waals surface area contributed by atoms with Gasteiger partial charge in [-0.3, -0.25) is 4.89 Å². The largest absolute Gasteiger partial charge is 0.392 e. The van der Waals surface area contributed by atoms with Crippen molar-refractivity contribution in [1.82, 2.24) is 0 Å². The molecule has 1 rings (SSSR count). The number of aliphatic hydroxyl groups excluding tert-OH is 1. The van der Waals surface area contributed by atoms with Crippen LogP contribution >= 0.6 is 0 Å². The lowest BCUT2D eigenvalue weighted by Crippen LogP contribution is -2.24. The minimum Gasteiger partial charge on any atom is -0.392 e. The topological polar surface area (TPSA) is 55.8 Å². The Labute approximate surface area is 94.7 Å². The van der Waals surface area contributed by atoms with Crippen molar-refractivity contribution in [2.45, 2.75) is 27.4 Å². The van der Waals surface area contributed by atoms with Crippen LogP contribution in [0.3, 0.4) is 0 Å². The van der Waals surface area contributed by atoms with Gasteiger partial charge in [0.2, 0.25) is 0 Å². The molecule has 0 aliphatic rings. The quantitative estimate of drug-likeness (QED) is 0.630. The first-order valence-corrected chi connectivity index (χ1v) is 5.02. The molecule has 0 saturated carbocycles. The zero-order valence-electron chi connectivity index (χ0n) is 9.69. The summed E-state index contributed by atoms with van der Waals surface area (Å²) in [5.41, 5.74) is 0.180. The Morgan fingerprint density at radius 3 is 2.25 bits per heavy atom. The molecule has 16 heavy (non-hydrogen) atoms. The summed E-state index contributed by atoms with van der Waals surface area (Å²) < 4.78 is 0. The average Bonchev–Trinajstić information content (AvgIpc) is 2.25. The van der Waals surface area contributed by atoms with Crippen molar-refractivity contribution in [2.75, 3.05) is 0 Å². The summed E-state index contributed by atoms with van der Waals surface area (Å²) in [6.07, 6.45) is 0. The highest BCUT2D eigenvalue weighted by molar-refractivity contribution is 5.74. The predicted octanol–water partition coefficient (Wildman–Crippen LogP) is 2.06. The van der Waals surface area contributed by atoms with E-state index in [9.17, 15) is 4.79 Å². The van der Waals surface area contributed by atoms with Crippen molar-refractivity contribution in [3.63, 3.8) is 0 Å². The lowest BCUT2D eigenvalue weighted by molar-refractivity contribution is -0.223. The fraction of sp³-hybridized carbons (Fsp3) is 0.417. The summed E-state index contributed by atoms with van der Waals surface area (Å²) in [6, 6.07) is 6.64. The van der Waals surface area contributed by atoms with Gasteiger partial charge in [0.1, 0.15) is 0 Å². The second-order valence-corrected chi connectivity index (χ2v) is 4.51. The number of hydrogen-bond donors (Lipinski definition) is 1. The minimum atomic E-state index is -0.592. The third-order valence-electron chi connectivity index (χ3n) is 1.93. The fourth-order valence-electron chi connectivity index (χ4n) is 0.861. The molecule has 0 saturated heterocycles. The Morgan fingerprint density at radius 2 is 1.81 bits per heavy atom. The summed E-state index contributed by atoms with van der Waals surface area (Å²) in [7, 11) is 0. The van der Waals surface area contributed by atoms with Crippen molar-refractivity contribution >= 4 is 5.97 Å². The summed E-state index contributed by atoms with van der Waals surface area (Å²) in [4.78, 5) is 20.9. The van der Waals surface area contributed by atoms with Crippen LogP contribution in [-0.2, 0) is 16.3 Å². The zero-order chi connectivity index (χ0) is 12.2. The third kappa shape index (κ3) is 3.55. The van der Waals surface area contributed by atoms with E-state index >= 15 is 0 Å². The maximum atomic E-state index is 11.4. The molecular formula is C12H16O4. The van der Waals surface area contributed by atoms with Gasteiger partial charge in [0, 0.05) is 0 Å². The summed E-state index contributed by atoms with van der Waals surface area (Å²) >= 11 is 0. The van der Waals surface area contributed by atoms with Gasteiger partial charge in [-0.25, -0.2) is 9.68 Å². The molecule has 0 radical (unpaired) electrons. The SMILES string of the molecule is CC(C)(C)C(=O)OOc1ccc(CO)cc1.